The smallest absolute Gasteiger partial charge is 0.221 e. The molecule has 1 amide bonds. The molecule has 0 radical (unpaired) electrons. The highest BCUT2D eigenvalue weighted by molar-refractivity contribution is 5.89. The Hall–Kier alpha value is -2.36. The monoisotopic (exact) mass is 272 g/mol. The van der Waals surface area contributed by atoms with Crippen LogP contribution in [0.5, 0.6) is 0 Å². The van der Waals surface area contributed by atoms with Crippen LogP contribution in [0.15, 0.2) is 48.5 Å². The fourth-order valence-electron chi connectivity index (χ4n) is 1.97. The third-order valence-corrected chi connectivity index (χ3v) is 2.94. The summed E-state index contributed by atoms with van der Waals surface area (Å²) in [5, 5.41) is 6.05. The minimum Gasteiger partial charge on any atom is -0.378 e. The van der Waals surface area contributed by atoms with E-state index in [2.05, 4.69) is 10.6 Å². The van der Waals surface area contributed by atoms with Gasteiger partial charge in [0.15, 0.2) is 0 Å². The molecule has 0 bridgehead atoms. The SMILES string of the molecule is CC(=O)Nc1cccc(NC(C)c2ccc(F)cc2)c1. The van der Waals surface area contributed by atoms with Gasteiger partial charge in [-0.1, -0.05) is 18.2 Å². The molecule has 0 aromatic heterocycles. The van der Waals surface area contributed by atoms with Gasteiger partial charge in [0.2, 0.25) is 5.91 Å². The normalized spacial score (nSPS) is 11.8. The van der Waals surface area contributed by atoms with Gasteiger partial charge in [-0.05, 0) is 42.8 Å². The lowest BCUT2D eigenvalue weighted by molar-refractivity contribution is -0.114. The quantitative estimate of drug-likeness (QED) is 0.884. The zero-order chi connectivity index (χ0) is 14.5. The number of carbonyl (C=O) groups is 1. The van der Waals surface area contributed by atoms with E-state index in [1.807, 2.05) is 31.2 Å². The van der Waals surface area contributed by atoms with E-state index < -0.39 is 0 Å². The number of rotatable bonds is 4. The van der Waals surface area contributed by atoms with E-state index >= 15 is 0 Å². The lowest BCUT2D eigenvalue weighted by Gasteiger charge is -2.16. The van der Waals surface area contributed by atoms with Crippen molar-refractivity contribution in [1.82, 2.24) is 0 Å². The number of amides is 1. The summed E-state index contributed by atoms with van der Waals surface area (Å²) >= 11 is 0. The second-order valence-electron chi connectivity index (χ2n) is 4.68. The van der Waals surface area contributed by atoms with Crippen LogP contribution in [-0.2, 0) is 4.79 Å². The van der Waals surface area contributed by atoms with Crippen LogP contribution in [0.25, 0.3) is 0 Å². The van der Waals surface area contributed by atoms with E-state index in [0.717, 1.165) is 16.9 Å². The molecule has 2 N–H and O–H groups in total. The Morgan fingerprint density at radius 2 is 1.75 bits per heavy atom. The highest BCUT2D eigenvalue weighted by atomic mass is 19.1. The van der Waals surface area contributed by atoms with Crippen molar-refractivity contribution in [3.05, 3.63) is 59.9 Å². The molecule has 0 spiro atoms. The Labute approximate surface area is 117 Å². The van der Waals surface area contributed by atoms with E-state index in [0.29, 0.717) is 0 Å². The van der Waals surface area contributed by atoms with Gasteiger partial charge >= 0.3 is 0 Å². The first-order chi connectivity index (χ1) is 9.54. The fourth-order valence-corrected chi connectivity index (χ4v) is 1.97. The molecule has 1 unspecified atom stereocenters. The summed E-state index contributed by atoms with van der Waals surface area (Å²) in [6.45, 7) is 3.47. The van der Waals surface area contributed by atoms with Gasteiger partial charge in [0.25, 0.3) is 0 Å². The molecular weight excluding hydrogens is 255 g/mol. The third-order valence-electron chi connectivity index (χ3n) is 2.94. The third kappa shape index (κ3) is 3.82. The van der Waals surface area contributed by atoms with Crippen molar-refractivity contribution in [3.63, 3.8) is 0 Å². The molecule has 4 heteroatoms. The fraction of sp³-hybridized carbons (Fsp3) is 0.188. The van der Waals surface area contributed by atoms with Crippen molar-refractivity contribution >= 4 is 17.3 Å². The van der Waals surface area contributed by atoms with Crippen LogP contribution in [-0.4, -0.2) is 5.91 Å². The first-order valence-electron chi connectivity index (χ1n) is 6.44. The molecule has 2 aromatic carbocycles. The van der Waals surface area contributed by atoms with Crippen LogP contribution in [0.1, 0.15) is 25.5 Å². The van der Waals surface area contributed by atoms with Crippen molar-refractivity contribution in [3.8, 4) is 0 Å². The zero-order valence-electron chi connectivity index (χ0n) is 11.5. The van der Waals surface area contributed by atoms with Crippen LogP contribution in [0.2, 0.25) is 0 Å². The first kappa shape index (κ1) is 14.1. The lowest BCUT2D eigenvalue weighted by atomic mass is 10.1. The maximum absolute atomic E-state index is 12.9. The van der Waals surface area contributed by atoms with Crippen molar-refractivity contribution < 1.29 is 9.18 Å². The van der Waals surface area contributed by atoms with E-state index in [9.17, 15) is 9.18 Å². The summed E-state index contributed by atoms with van der Waals surface area (Å²) in [6.07, 6.45) is 0. The molecule has 0 saturated carbocycles. The van der Waals surface area contributed by atoms with Crippen molar-refractivity contribution in [1.29, 1.82) is 0 Å². The van der Waals surface area contributed by atoms with Gasteiger partial charge in [0.05, 0.1) is 0 Å². The molecule has 0 heterocycles. The molecule has 2 aromatic rings. The second kappa shape index (κ2) is 6.19. The van der Waals surface area contributed by atoms with Crippen molar-refractivity contribution in [2.45, 2.75) is 19.9 Å². The lowest BCUT2D eigenvalue weighted by Crippen LogP contribution is -2.08. The Morgan fingerprint density at radius 3 is 2.40 bits per heavy atom. The van der Waals surface area contributed by atoms with E-state index in [4.69, 9.17) is 0 Å². The topological polar surface area (TPSA) is 41.1 Å². The Bertz CT molecular complexity index is 596. The number of hydrogen-bond donors (Lipinski definition) is 2. The molecule has 104 valence electrons. The summed E-state index contributed by atoms with van der Waals surface area (Å²) in [4.78, 5) is 11.0. The summed E-state index contributed by atoms with van der Waals surface area (Å²) in [5.74, 6) is -0.345. The largest absolute Gasteiger partial charge is 0.378 e. The van der Waals surface area contributed by atoms with Crippen LogP contribution >= 0.6 is 0 Å². The van der Waals surface area contributed by atoms with E-state index in [1.54, 1.807) is 12.1 Å². The van der Waals surface area contributed by atoms with Gasteiger partial charge < -0.3 is 10.6 Å². The zero-order valence-corrected chi connectivity index (χ0v) is 11.5. The van der Waals surface area contributed by atoms with Crippen LogP contribution in [0.3, 0.4) is 0 Å². The molecule has 0 saturated heterocycles. The minimum atomic E-state index is -0.242. The summed E-state index contributed by atoms with van der Waals surface area (Å²) < 4.78 is 12.9. The standard InChI is InChI=1S/C16H17FN2O/c1-11(13-6-8-14(17)9-7-13)18-15-4-3-5-16(10-15)19-12(2)20/h3-11,18H,1-2H3,(H,19,20). The molecule has 0 aliphatic carbocycles. The number of carbonyl (C=O) groups excluding carboxylic acids is 1. The molecule has 0 aliphatic rings. The predicted octanol–water partition coefficient (Wildman–Crippen LogP) is 3.96. The summed E-state index contributed by atoms with van der Waals surface area (Å²) in [7, 11) is 0. The maximum atomic E-state index is 12.9. The second-order valence-corrected chi connectivity index (χ2v) is 4.68. The van der Waals surface area contributed by atoms with Crippen LogP contribution < -0.4 is 10.6 Å². The number of halogens is 1. The molecule has 1 atom stereocenters. The van der Waals surface area contributed by atoms with Crippen LogP contribution in [0.4, 0.5) is 15.8 Å². The van der Waals surface area contributed by atoms with Crippen molar-refractivity contribution in [2.24, 2.45) is 0 Å². The van der Waals surface area contributed by atoms with Gasteiger partial charge in [0.1, 0.15) is 5.82 Å². The number of hydrogen-bond acceptors (Lipinski definition) is 2. The predicted molar refractivity (Wildman–Crippen MR) is 79.2 cm³/mol. The summed E-state index contributed by atoms with van der Waals surface area (Å²) in [6, 6.07) is 13.9. The molecule has 3 nitrogen and oxygen atoms in total. The van der Waals surface area contributed by atoms with Gasteiger partial charge in [-0.2, -0.15) is 0 Å². The minimum absolute atomic E-state index is 0.0446. The van der Waals surface area contributed by atoms with Gasteiger partial charge in [-0.3, -0.25) is 4.79 Å². The number of nitrogens with one attached hydrogen (secondary N) is 2. The first-order valence-corrected chi connectivity index (χ1v) is 6.44. The molecule has 0 aliphatic heterocycles. The number of anilines is 2. The average molecular weight is 272 g/mol. The average Bonchev–Trinajstić information content (AvgIpc) is 2.39. The van der Waals surface area contributed by atoms with E-state index in [1.165, 1.54) is 19.1 Å². The van der Waals surface area contributed by atoms with Gasteiger partial charge in [0, 0.05) is 24.3 Å². The molecule has 20 heavy (non-hydrogen) atoms. The highest BCUT2D eigenvalue weighted by Crippen LogP contribution is 2.22. The molecule has 0 fully saturated rings. The Balaban J connectivity index is 2.09. The van der Waals surface area contributed by atoms with Gasteiger partial charge in [-0.15, -0.1) is 0 Å². The number of benzene rings is 2. The Morgan fingerprint density at radius 1 is 1.10 bits per heavy atom. The van der Waals surface area contributed by atoms with E-state index in [-0.39, 0.29) is 17.8 Å². The highest BCUT2D eigenvalue weighted by Gasteiger charge is 2.06. The van der Waals surface area contributed by atoms with Gasteiger partial charge in [-0.25, -0.2) is 4.39 Å². The Kier molecular flexibility index (Phi) is 4.35. The maximum Gasteiger partial charge on any atom is 0.221 e. The van der Waals surface area contributed by atoms with Crippen molar-refractivity contribution in [2.75, 3.05) is 10.6 Å². The van der Waals surface area contributed by atoms with Crippen LogP contribution in [0, 0.1) is 5.82 Å². The summed E-state index contributed by atoms with van der Waals surface area (Å²) in [5.41, 5.74) is 2.64. The molecule has 2 rings (SSSR count). The molecular formula is C16H17FN2O.